The second-order valence-corrected chi connectivity index (χ2v) is 6.51. The maximum atomic E-state index is 12.7. The summed E-state index contributed by atoms with van der Waals surface area (Å²) in [5, 5.41) is 2.26. The number of aromatic nitrogens is 1. The molecule has 0 fully saturated rings. The van der Waals surface area contributed by atoms with Crippen LogP contribution in [0.2, 0.25) is 0 Å². The van der Waals surface area contributed by atoms with E-state index in [1.54, 1.807) is 22.5 Å². The molecule has 3 rings (SSSR count). The van der Waals surface area contributed by atoms with Gasteiger partial charge in [-0.3, -0.25) is 9.59 Å². The zero-order valence-electron chi connectivity index (χ0n) is 13.3. The first kappa shape index (κ1) is 16.6. The van der Waals surface area contributed by atoms with Crippen molar-refractivity contribution in [1.29, 1.82) is 0 Å². The molecule has 0 saturated carbocycles. The Morgan fingerprint density at radius 2 is 2.25 bits per heavy atom. The lowest BCUT2D eigenvalue weighted by Crippen LogP contribution is -2.34. The van der Waals surface area contributed by atoms with E-state index in [2.05, 4.69) is 11.9 Å². The fraction of sp³-hybridized carbons (Fsp3) is 0.353. The van der Waals surface area contributed by atoms with Gasteiger partial charge in [0, 0.05) is 29.2 Å². The molecule has 1 aliphatic heterocycles. The number of amides is 2. The maximum absolute atomic E-state index is 12.7. The molecule has 2 atom stereocenters. The van der Waals surface area contributed by atoms with Crippen molar-refractivity contribution in [3.8, 4) is 0 Å². The van der Waals surface area contributed by atoms with Crippen LogP contribution in [-0.2, 0) is 9.53 Å². The van der Waals surface area contributed by atoms with Gasteiger partial charge in [-0.15, -0.1) is 11.3 Å². The van der Waals surface area contributed by atoms with Crippen LogP contribution in [0.25, 0.3) is 0 Å². The number of thiazole rings is 1. The molecule has 6 nitrogen and oxygen atoms in total. The largest absolute Gasteiger partial charge is 0.367 e. The Morgan fingerprint density at radius 3 is 2.92 bits per heavy atom. The minimum absolute atomic E-state index is 0.0774. The van der Waals surface area contributed by atoms with Crippen LogP contribution >= 0.6 is 11.3 Å². The maximum Gasteiger partial charge on any atom is 0.256 e. The van der Waals surface area contributed by atoms with Gasteiger partial charge in [0.05, 0.1) is 0 Å². The smallest absolute Gasteiger partial charge is 0.256 e. The molecule has 0 radical (unpaired) electrons. The summed E-state index contributed by atoms with van der Waals surface area (Å²) >= 11 is 1.30. The van der Waals surface area contributed by atoms with E-state index in [4.69, 9.17) is 10.5 Å². The van der Waals surface area contributed by atoms with Gasteiger partial charge in [0.1, 0.15) is 5.01 Å². The standard InChI is InChI=1S/C17H19N3O3S/c1-2-3-9-20-16(22)11-6-4-5-7-12(11)17(20)23-13(14(18)21)15-19-8-10-24-15/h4-8,10,13,17H,2-3,9H2,1H3,(H2,18,21). The number of hydrogen-bond acceptors (Lipinski definition) is 5. The third kappa shape index (κ3) is 3.05. The molecule has 126 valence electrons. The number of rotatable bonds is 7. The van der Waals surface area contributed by atoms with Crippen LogP contribution in [-0.4, -0.2) is 28.2 Å². The number of benzene rings is 1. The van der Waals surface area contributed by atoms with Crippen molar-refractivity contribution in [2.75, 3.05) is 6.54 Å². The van der Waals surface area contributed by atoms with E-state index < -0.39 is 18.2 Å². The third-order valence-electron chi connectivity index (χ3n) is 3.95. The Labute approximate surface area is 144 Å². The predicted octanol–water partition coefficient (Wildman–Crippen LogP) is 2.64. The van der Waals surface area contributed by atoms with Crippen LogP contribution < -0.4 is 5.73 Å². The van der Waals surface area contributed by atoms with Crippen molar-refractivity contribution in [3.05, 3.63) is 52.0 Å². The van der Waals surface area contributed by atoms with Gasteiger partial charge in [-0.25, -0.2) is 4.98 Å². The average molecular weight is 345 g/mol. The van der Waals surface area contributed by atoms with Gasteiger partial charge in [0.25, 0.3) is 11.8 Å². The molecule has 2 amide bonds. The normalized spacial score (nSPS) is 17.8. The number of ether oxygens (including phenoxy) is 1. The fourth-order valence-corrected chi connectivity index (χ4v) is 3.45. The first-order chi connectivity index (χ1) is 11.6. The minimum Gasteiger partial charge on any atom is -0.367 e. The minimum atomic E-state index is -0.974. The molecule has 24 heavy (non-hydrogen) atoms. The lowest BCUT2D eigenvalue weighted by Gasteiger charge is -2.27. The molecule has 1 aromatic carbocycles. The number of nitrogens with zero attached hydrogens (tertiary/aromatic N) is 2. The van der Waals surface area contributed by atoms with Gasteiger partial charge < -0.3 is 15.4 Å². The molecule has 2 N–H and O–H groups in total. The van der Waals surface area contributed by atoms with Gasteiger partial charge in [0.2, 0.25) is 0 Å². The number of unbranched alkanes of at least 4 members (excludes halogenated alkanes) is 1. The average Bonchev–Trinajstić information content (AvgIpc) is 3.18. The van der Waals surface area contributed by atoms with E-state index >= 15 is 0 Å². The summed E-state index contributed by atoms with van der Waals surface area (Å²) in [7, 11) is 0. The highest BCUT2D eigenvalue weighted by atomic mass is 32.1. The van der Waals surface area contributed by atoms with E-state index in [9.17, 15) is 9.59 Å². The van der Waals surface area contributed by atoms with Crippen LogP contribution in [0, 0.1) is 0 Å². The molecule has 1 aliphatic rings. The molecule has 7 heteroatoms. The highest BCUT2D eigenvalue weighted by molar-refractivity contribution is 7.09. The second kappa shape index (κ2) is 7.11. The topological polar surface area (TPSA) is 85.5 Å². The molecule has 2 aromatic rings. The van der Waals surface area contributed by atoms with Gasteiger partial charge in [-0.05, 0) is 12.5 Å². The van der Waals surface area contributed by atoms with Crippen LogP contribution in [0.15, 0.2) is 35.8 Å². The first-order valence-corrected chi connectivity index (χ1v) is 8.75. The number of hydrogen-bond donors (Lipinski definition) is 1. The summed E-state index contributed by atoms with van der Waals surface area (Å²) in [6, 6.07) is 7.31. The Morgan fingerprint density at radius 1 is 1.46 bits per heavy atom. The molecular weight excluding hydrogens is 326 g/mol. The summed E-state index contributed by atoms with van der Waals surface area (Å²) in [6.45, 7) is 2.63. The lowest BCUT2D eigenvalue weighted by atomic mass is 10.1. The molecule has 0 spiro atoms. The first-order valence-electron chi connectivity index (χ1n) is 7.87. The monoisotopic (exact) mass is 345 g/mol. The van der Waals surface area contributed by atoms with Crippen molar-refractivity contribution in [2.24, 2.45) is 5.73 Å². The van der Waals surface area contributed by atoms with Crippen LogP contribution in [0.1, 0.15) is 53.0 Å². The van der Waals surface area contributed by atoms with E-state index in [0.717, 1.165) is 18.4 Å². The fourth-order valence-electron chi connectivity index (χ4n) is 2.77. The molecule has 0 bridgehead atoms. The Bertz CT molecular complexity index is 732. The van der Waals surface area contributed by atoms with Gasteiger partial charge in [-0.1, -0.05) is 31.5 Å². The van der Waals surface area contributed by atoms with Crippen LogP contribution in [0.4, 0.5) is 0 Å². The van der Waals surface area contributed by atoms with E-state index in [1.165, 1.54) is 11.3 Å². The number of carbonyl (C=O) groups is 2. The number of nitrogens with two attached hydrogens (primary N) is 1. The highest BCUT2D eigenvalue weighted by Crippen LogP contribution is 2.38. The quantitative estimate of drug-likeness (QED) is 0.836. The molecule has 2 heterocycles. The van der Waals surface area contributed by atoms with Crippen molar-refractivity contribution in [1.82, 2.24) is 9.88 Å². The summed E-state index contributed by atoms with van der Waals surface area (Å²) < 4.78 is 6.00. The Balaban J connectivity index is 1.93. The summed E-state index contributed by atoms with van der Waals surface area (Å²) in [5.74, 6) is -0.691. The number of primary amides is 1. The van der Waals surface area contributed by atoms with Crippen molar-refractivity contribution < 1.29 is 14.3 Å². The number of carbonyl (C=O) groups excluding carboxylic acids is 2. The number of fused-ring (bicyclic) bond motifs is 1. The Kier molecular flexibility index (Phi) is 4.92. The van der Waals surface area contributed by atoms with Crippen LogP contribution in [0.5, 0.6) is 0 Å². The molecule has 0 saturated heterocycles. The summed E-state index contributed by atoms with van der Waals surface area (Å²) in [4.78, 5) is 30.3. The van der Waals surface area contributed by atoms with Gasteiger partial charge in [0.15, 0.2) is 12.3 Å². The van der Waals surface area contributed by atoms with Crippen molar-refractivity contribution in [3.63, 3.8) is 0 Å². The molecular formula is C17H19N3O3S. The highest BCUT2D eigenvalue weighted by Gasteiger charge is 2.39. The molecule has 0 aliphatic carbocycles. The van der Waals surface area contributed by atoms with Crippen LogP contribution in [0.3, 0.4) is 0 Å². The zero-order valence-corrected chi connectivity index (χ0v) is 14.2. The van der Waals surface area contributed by atoms with Crippen molar-refractivity contribution >= 4 is 23.2 Å². The Hall–Kier alpha value is -2.25. The van der Waals surface area contributed by atoms with E-state index in [1.807, 2.05) is 18.2 Å². The van der Waals surface area contributed by atoms with Gasteiger partial charge in [-0.2, -0.15) is 0 Å². The summed E-state index contributed by atoms with van der Waals surface area (Å²) in [5.41, 5.74) is 6.88. The SMILES string of the molecule is CCCCN1C(=O)c2ccccc2C1OC(C(N)=O)c1nccs1. The van der Waals surface area contributed by atoms with Crippen molar-refractivity contribution in [2.45, 2.75) is 32.1 Å². The molecule has 1 aromatic heterocycles. The van der Waals surface area contributed by atoms with E-state index in [0.29, 0.717) is 17.1 Å². The second-order valence-electron chi connectivity index (χ2n) is 5.58. The molecule has 2 unspecified atom stereocenters. The summed E-state index contributed by atoms with van der Waals surface area (Å²) in [6.07, 6.45) is 1.82. The predicted molar refractivity (Wildman–Crippen MR) is 90.3 cm³/mol. The third-order valence-corrected chi connectivity index (χ3v) is 4.77. The van der Waals surface area contributed by atoms with Gasteiger partial charge >= 0.3 is 0 Å². The lowest BCUT2D eigenvalue weighted by molar-refractivity contribution is -0.142. The zero-order chi connectivity index (χ0) is 17.1. The van der Waals surface area contributed by atoms with E-state index in [-0.39, 0.29) is 5.91 Å².